The first kappa shape index (κ1) is 63.4. The summed E-state index contributed by atoms with van der Waals surface area (Å²) in [6.45, 7) is 13.8. The Labute approximate surface area is 406 Å². The van der Waals surface area contributed by atoms with Crippen molar-refractivity contribution in [2.75, 3.05) is 13.2 Å². The molecular formula is C59H114O6. The van der Waals surface area contributed by atoms with Crippen molar-refractivity contribution in [3.63, 3.8) is 0 Å². The van der Waals surface area contributed by atoms with Gasteiger partial charge in [0.25, 0.3) is 0 Å². The Balaban J connectivity index is 4.22. The highest BCUT2D eigenvalue weighted by molar-refractivity contribution is 5.71. The average molecular weight is 920 g/mol. The third-order valence-corrected chi connectivity index (χ3v) is 14.1. The fraction of sp³-hybridized carbons (Fsp3) is 0.949. The van der Waals surface area contributed by atoms with Crippen LogP contribution in [0.25, 0.3) is 0 Å². The molecule has 0 aromatic rings. The zero-order valence-electron chi connectivity index (χ0n) is 44.8. The number of hydrogen-bond acceptors (Lipinski definition) is 6. The van der Waals surface area contributed by atoms with Crippen molar-refractivity contribution in [1.82, 2.24) is 0 Å². The van der Waals surface area contributed by atoms with Crippen LogP contribution >= 0.6 is 0 Å². The summed E-state index contributed by atoms with van der Waals surface area (Å²) in [6.07, 6.45) is 52.4. The van der Waals surface area contributed by atoms with Crippen molar-refractivity contribution in [3.05, 3.63) is 0 Å². The van der Waals surface area contributed by atoms with Gasteiger partial charge in [0, 0.05) is 19.3 Å². The van der Waals surface area contributed by atoms with Gasteiger partial charge in [-0.25, -0.2) is 0 Å². The minimum atomic E-state index is -0.764. The Hall–Kier alpha value is -1.59. The summed E-state index contributed by atoms with van der Waals surface area (Å²) < 4.78 is 16.9. The number of unbranched alkanes of at least 4 members (excludes halogenated alkanes) is 33. The van der Waals surface area contributed by atoms with Gasteiger partial charge in [-0.1, -0.05) is 286 Å². The van der Waals surface area contributed by atoms with Crippen LogP contribution in [0.15, 0.2) is 0 Å². The highest BCUT2D eigenvalue weighted by atomic mass is 16.6. The van der Waals surface area contributed by atoms with E-state index in [0.29, 0.717) is 19.3 Å². The minimum Gasteiger partial charge on any atom is -0.462 e. The molecule has 0 radical (unpaired) electrons. The summed E-state index contributed by atoms with van der Waals surface area (Å²) in [6, 6.07) is 0. The molecular weight excluding hydrogens is 805 g/mol. The first-order valence-electron chi connectivity index (χ1n) is 29.2. The molecule has 0 rings (SSSR count). The molecule has 3 atom stereocenters. The predicted molar refractivity (Wildman–Crippen MR) is 279 cm³/mol. The maximum atomic E-state index is 12.8. The third-order valence-electron chi connectivity index (χ3n) is 14.1. The van der Waals surface area contributed by atoms with Crippen LogP contribution in [-0.2, 0) is 28.6 Å². The normalized spacial score (nSPS) is 13.0. The number of esters is 3. The smallest absolute Gasteiger partial charge is 0.306 e. The molecule has 0 spiro atoms. The molecule has 65 heavy (non-hydrogen) atoms. The van der Waals surface area contributed by atoms with E-state index in [2.05, 4.69) is 41.5 Å². The van der Waals surface area contributed by atoms with Gasteiger partial charge in [0.1, 0.15) is 13.2 Å². The van der Waals surface area contributed by atoms with Crippen LogP contribution in [0.1, 0.15) is 324 Å². The summed E-state index contributed by atoms with van der Waals surface area (Å²) in [5.41, 5.74) is 0. The Morgan fingerprint density at radius 2 is 0.538 bits per heavy atom. The third kappa shape index (κ3) is 50.1. The Bertz CT molecular complexity index is 1010. The van der Waals surface area contributed by atoms with E-state index in [1.165, 1.54) is 205 Å². The number of rotatable bonds is 52. The van der Waals surface area contributed by atoms with Gasteiger partial charge in [0.05, 0.1) is 0 Å². The predicted octanol–water partition coefficient (Wildman–Crippen LogP) is 19.1. The Morgan fingerprint density at radius 1 is 0.308 bits per heavy atom. The number of carbonyl (C=O) groups excluding carboxylic acids is 3. The lowest BCUT2D eigenvalue weighted by Crippen LogP contribution is -2.30. The fourth-order valence-electron chi connectivity index (χ4n) is 8.93. The van der Waals surface area contributed by atoms with Crippen molar-refractivity contribution in [1.29, 1.82) is 0 Å². The van der Waals surface area contributed by atoms with Crippen LogP contribution in [-0.4, -0.2) is 37.2 Å². The SMILES string of the molecule is CCC(C)CCCCCCCCCCCCCCCCCCCCC(=O)OC[C@@H](COC(=O)CCCCCCCCCCCCC(C)C)OC(=O)CCCCCCCCCCC(C)CC. The molecule has 386 valence electrons. The van der Waals surface area contributed by atoms with Gasteiger partial charge < -0.3 is 14.2 Å². The first-order chi connectivity index (χ1) is 31.7. The summed E-state index contributed by atoms with van der Waals surface area (Å²) >= 11 is 0. The molecule has 6 heteroatoms. The van der Waals surface area contributed by atoms with Gasteiger partial charge in [-0.05, 0) is 37.0 Å². The molecule has 0 fully saturated rings. The Morgan fingerprint density at radius 3 is 0.800 bits per heavy atom. The standard InChI is InChI=1S/C59H114O6/c1-7-54(5)46-40-34-28-22-17-15-13-11-9-10-12-14-16-18-23-30-36-42-48-57(60)63-51-56(65-59(62)50-44-38-32-26-25-29-35-41-47-55(6)8-2)52-64-58(61)49-43-37-31-24-20-19-21-27-33-39-45-53(3)4/h53-56H,7-52H2,1-6H3/t54?,55?,56-/m0/s1. The van der Waals surface area contributed by atoms with Crippen molar-refractivity contribution in [2.24, 2.45) is 17.8 Å². The maximum absolute atomic E-state index is 12.8. The van der Waals surface area contributed by atoms with Crippen LogP contribution in [0.2, 0.25) is 0 Å². The molecule has 0 N–H and O–H groups in total. The number of carbonyl (C=O) groups is 3. The van der Waals surface area contributed by atoms with Crippen LogP contribution in [0.3, 0.4) is 0 Å². The monoisotopic (exact) mass is 919 g/mol. The highest BCUT2D eigenvalue weighted by Crippen LogP contribution is 2.19. The van der Waals surface area contributed by atoms with Gasteiger partial charge in [0.15, 0.2) is 6.10 Å². The highest BCUT2D eigenvalue weighted by Gasteiger charge is 2.19. The van der Waals surface area contributed by atoms with Gasteiger partial charge in [-0.15, -0.1) is 0 Å². The van der Waals surface area contributed by atoms with Gasteiger partial charge in [0.2, 0.25) is 0 Å². The second-order valence-electron chi connectivity index (χ2n) is 21.2. The first-order valence-corrected chi connectivity index (χ1v) is 29.2. The van der Waals surface area contributed by atoms with E-state index in [4.69, 9.17) is 14.2 Å². The molecule has 6 nitrogen and oxygen atoms in total. The van der Waals surface area contributed by atoms with Crippen LogP contribution in [0, 0.1) is 17.8 Å². The lowest BCUT2D eigenvalue weighted by Gasteiger charge is -2.18. The summed E-state index contributed by atoms with van der Waals surface area (Å²) in [5, 5.41) is 0. The topological polar surface area (TPSA) is 78.9 Å². The van der Waals surface area contributed by atoms with Crippen molar-refractivity contribution in [2.45, 2.75) is 330 Å². The largest absolute Gasteiger partial charge is 0.462 e. The zero-order chi connectivity index (χ0) is 47.7. The maximum Gasteiger partial charge on any atom is 0.306 e. The average Bonchev–Trinajstić information content (AvgIpc) is 3.29. The molecule has 0 amide bonds. The minimum absolute atomic E-state index is 0.0641. The number of ether oxygens (including phenoxy) is 3. The summed E-state index contributed by atoms with van der Waals surface area (Å²) in [7, 11) is 0. The van der Waals surface area contributed by atoms with Gasteiger partial charge in [-0.2, -0.15) is 0 Å². The van der Waals surface area contributed by atoms with E-state index in [0.717, 1.165) is 75.5 Å². The van der Waals surface area contributed by atoms with E-state index in [-0.39, 0.29) is 31.1 Å². The van der Waals surface area contributed by atoms with E-state index in [9.17, 15) is 14.4 Å². The molecule has 0 aliphatic heterocycles. The molecule has 0 heterocycles. The Kier molecular flexibility index (Phi) is 49.1. The number of hydrogen-bond donors (Lipinski definition) is 0. The second-order valence-corrected chi connectivity index (χ2v) is 21.2. The van der Waals surface area contributed by atoms with E-state index in [1.807, 2.05) is 0 Å². The molecule has 0 saturated heterocycles. The molecule has 2 unspecified atom stereocenters. The van der Waals surface area contributed by atoms with Crippen LogP contribution in [0.4, 0.5) is 0 Å². The van der Waals surface area contributed by atoms with E-state index in [1.54, 1.807) is 0 Å². The fourth-order valence-corrected chi connectivity index (χ4v) is 8.93. The molecule has 0 aliphatic carbocycles. The van der Waals surface area contributed by atoms with Crippen molar-refractivity contribution < 1.29 is 28.6 Å². The van der Waals surface area contributed by atoms with Gasteiger partial charge >= 0.3 is 17.9 Å². The summed E-state index contributed by atoms with van der Waals surface area (Å²) in [4.78, 5) is 38.1. The molecule has 0 aromatic carbocycles. The molecule has 0 aliphatic rings. The van der Waals surface area contributed by atoms with E-state index >= 15 is 0 Å². The molecule has 0 saturated carbocycles. The van der Waals surface area contributed by atoms with Crippen molar-refractivity contribution in [3.8, 4) is 0 Å². The zero-order valence-corrected chi connectivity index (χ0v) is 44.8. The van der Waals surface area contributed by atoms with Crippen molar-refractivity contribution >= 4 is 17.9 Å². The van der Waals surface area contributed by atoms with Crippen LogP contribution < -0.4 is 0 Å². The lowest BCUT2D eigenvalue weighted by molar-refractivity contribution is -0.167. The van der Waals surface area contributed by atoms with Crippen LogP contribution in [0.5, 0.6) is 0 Å². The second kappa shape index (κ2) is 50.3. The van der Waals surface area contributed by atoms with E-state index < -0.39 is 6.10 Å². The van der Waals surface area contributed by atoms with Gasteiger partial charge in [-0.3, -0.25) is 14.4 Å². The quantitative estimate of drug-likeness (QED) is 0.0344. The summed E-state index contributed by atoms with van der Waals surface area (Å²) in [5.74, 6) is 1.73. The molecule has 0 bridgehead atoms. The molecule has 0 aromatic heterocycles. The lowest BCUT2D eigenvalue weighted by atomic mass is 9.99.